The van der Waals surface area contributed by atoms with Crippen LogP contribution in [0.5, 0.6) is 5.75 Å². The minimum absolute atomic E-state index is 0.0139. The van der Waals surface area contributed by atoms with E-state index in [1.54, 1.807) is 12.0 Å². The lowest BCUT2D eigenvalue weighted by atomic mass is 9.93. The first-order valence-electron chi connectivity index (χ1n) is 9.78. The Labute approximate surface area is 169 Å². The molecule has 29 heavy (non-hydrogen) atoms. The molecule has 0 radical (unpaired) electrons. The molecule has 1 aliphatic rings. The predicted molar refractivity (Wildman–Crippen MR) is 108 cm³/mol. The van der Waals surface area contributed by atoms with Crippen molar-refractivity contribution in [2.75, 3.05) is 20.2 Å². The number of rotatable bonds is 7. The van der Waals surface area contributed by atoms with Gasteiger partial charge in [0.25, 0.3) is 11.5 Å². The summed E-state index contributed by atoms with van der Waals surface area (Å²) in [7, 11) is 1.61. The third-order valence-electron chi connectivity index (χ3n) is 5.16. The number of nitrogens with zero attached hydrogens (tertiary/aromatic N) is 2. The second kappa shape index (κ2) is 9.86. The molecule has 3 rings (SSSR count). The lowest BCUT2D eigenvalue weighted by Gasteiger charge is -2.32. The predicted octanol–water partition coefficient (Wildman–Crippen LogP) is 1.73. The summed E-state index contributed by atoms with van der Waals surface area (Å²) in [5, 5.41) is 2.93. The van der Waals surface area contributed by atoms with E-state index in [1.165, 1.54) is 12.5 Å². The summed E-state index contributed by atoms with van der Waals surface area (Å²) in [4.78, 5) is 44.6. The number of hydrogen-bond acceptors (Lipinski definition) is 5. The van der Waals surface area contributed by atoms with Crippen LogP contribution in [0.2, 0.25) is 0 Å². The molecule has 0 unspecified atom stereocenters. The monoisotopic (exact) mass is 398 g/mol. The van der Waals surface area contributed by atoms with E-state index in [4.69, 9.17) is 4.74 Å². The summed E-state index contributed by atoms with van der Waals surface area (Å²) in [6, 6.07) is 7.58. The number of likely N-dealkylation sites (tertiary alicyclic amines) is 1. The van der Waals surface area contributed by atoms with Crippen LogP contribution in [0.1, 0.15) is 41.6 Å². The molecule has 0 aliphatic carbocycles. The number of methoxy groups -OCH3 is 1. The first kappa shape index (κ1) is 20.6. The van der Waals surface area contributed by atoms with Crippen LogP contribution in [-0.2, 0) is 11.3 Å². The van der Waals surface area contributed by atoms with Gasteiger partial charge in [0.05, 0.1) is 13.4 Å². The Bertz CT molecular complexity index is 911. The summed E-state index contributed by atoms with van der Waals surface area (Å²) in [5.74, 6) is 0.689. The summed E-state index contributed by atoms with van der Waals surface area (Å²) >= 11 is 0. The van der Waals surface area contributed by atoms with E-state index in [-0.39, 0.29) is 23.3 Å². The molecule has 8 heteroatoms. The van der Waals surface area contributed by atoms with E-state index in [0.29, 0.717) is 32.5 Å². The van der Waals surface area contributed by atoms with Gasteiger partial charge in [-0.05, 0) is 42.9 Å². The van der Waals surface area contributed by atoms with Gasteiger partial charge in [0.1, 0.15) is 11.3 Å². The number of amides is 2. The van der Waals surface area contributed by atoms with Gasteiger partial charge in [0.15, 0.2) is 0 Å². The van der Waals surface area contributed by atoms with Gasteiger partial charge in [-0.15, -0.1) is 0 Å². The zero-order valence-electron chi connectivity index (χ0n) is 16.5. The molecule has 8 nitrogen and oxygen atoms in total. The first-order valence-corrected chi connectivity index (χ1v) is 9.78. The molecule has 0 spiro atoms. The summed E-state index contributed by atoms with van der Waals surface area (Å²) in [6.07, 6.45) is 5.51. The Balaban J connectivity index is 1.46. The van der Waals surface area contributed by atoms with Crippen LogP contribution in [0.4, 0.5) is 0 Å². The molecule has 0 bridgehead atoms. The maximum absolute atomic E-state index is 12.6. The van der Waals surface area contributed by atoms with Crippen LogP contribution in [0.15, 0.2) is 41.6 Å². The Morgan fingerprint density at radius 1 is 1.38 bits per heavy atom. The molecule has 1 aromatic heterocycles. The average Bonchev–Trinajstić information content (AvgIpc) is 2.76. The molecule has 1 aromatic carbocycles. The van der Waals surface area contributed by atoms with Gasteiger partial charge in [0.2, 0.25) is 5.91 Å². The van der Waals surface area contributed by atoms with Crippen molar-refractivity contribution >= 4 is 11.8 Å². The maximum Gasteiger partial charge on any atom is 0.263 e. The van der Waals surface area contributed by atoms with Gasteiger partial charge in [-0.2, -0.15) is 0 Å². The molecule has 1 aliphatic heterocycles. The second-order valence-corrected chi connectivity index (χ2v) is 7.22. The highest BCUT2D eigenvalue weighted by molar-refractivity contribution is 5.93. The van der Waals surface area contributed by atoms with E-state index in [0.717, 1.165) is 24.2 Å². The highest BCUT2D eigenvalue weighted by Gasteiger charge is 2.26. The van der Waals surface area contributed by atoms with Gasteiger partial charge < -0.3 is 19.9 Å². The van der Waals surface area contributed by atoms with Crippen molar-refractivity contribution in [3.05, 3.63) is 58.3 Å². The summed E-state index contributed by atoms with van der Waals surface area (Å²) in [5.41, 5.74) is 0.613. The van der Waals surface area contributed by atoms with Crippen LogP contribution in [0, 0.1) is 5.92 Å². The third kappa shape index (κ3) is 5.66. The Hall–Kier alpha value is -3.16. The average molecular weight is 398 g/mol. The van der Waals surface area contributed by atoms with E-state index in [9.17, 15) is 14.4 Å². The van der Waals surface area contributed by atoms with Crippen molar-refractivity contribution in [1.29, 1.82) is 0 Å². The van der Waals surface area contributed by atoms with Gasteiger partial charge in [0, 0.05) is 32.3 Å². The van der Waals surface area contributed by atoms with Gasteiger partial charge in [-0.25, -0.2) is 4.98 Å². The topological polar surface area (TPSA) is 104 Å². The van der Waals surface area contributed by atoms with Crippen LogP contribution in [0.25, 0.3) is 0 Å². The standard InChI is InChI=1S/C21H26N4O4/c1-29-17-6-2-4-16(10-17)11-23-19(26)8-7-15-5-3-9-25(13-15)21(28)18-12-22-14-24-20(18)27/h2,4,6,10,12,14-15H,3,5,7-9,11,13H2,1H3,(H,23,26)(H,22,24,27)/t15-/m1/s1. The molecule has 0 saturated carbocycles. The van der Waals surface area contributed by atoms with E-state index >= 15 is 0 Å². The third-order valence-corrected chi connectivity index (χ3v) is 5.16. The van der Waals surface area contributed by atoms with Crippen LogP contribution in [-0.4, -0.2) is 46.9 Å². The molecule has 2 N–H and O–H groups in total. The van der Waals surface area contributed by atoms with Crippen LogP contribution in [0.3, 0.4) is 0 Å². The zero-order chi connectivity index (χ0) is 20.6. The van der Waals surface area contributed by atoms with Crippen molar-refractivity contribution in [3.63, 3.8) is 0 Å². The second-order valence-electron chi connectivity index (χ2n) is 7.22. The fourth-order valence-electron chi connectivity index (χ4n) is 3.56. The number of aromatic amines is 1. The zero-order valence-corrected chi connectivity index (χ0v) is 16.5. The number of piperidine rings is 1. The Kier molecular flexibility index (Phi) is 6.99. The minimum Gasteiger partial charge on any atom is -0.497 e. The van der Waals surface area contributed by atoms with Crippen molar-refractivity contribution in [1.82, 2.24) is 20.2 Å². The molecule has 154 valence electrons. The minimum atomic E-state index is -0.427. The molecule has 1 saturated heterocycles. The number of H-pyrrole nitrogens is 1. The molecule has 2 amide bonds. The van der Waals surface area contributed by atoms with Crippen molar-refractivity contribution in [2.45, 2.75) is 32.2 Å². The first-order chi connectivity index (χ1) is 14.1. The van der Waals surface area contributed by atoms with Gasteiger partial charge in [-0.1, -0.05) is 12.1 Å². The number of carbonyl (C=O) groups excluding carboxylic acids is 2. The fraction of sp³-hybridized carbons (Fsp3) is 0.429. The lowest BCUT2D eigenvalue weighted by Crippen LogP contribution is -2.42. The van der Waals surface area contributed by atoms with Crippen molar-refractivity contribution in [2.24, 2.45) is 5.92 Å². The summed E-state index contributed by atoms with van der Waals surface area (Å²) in [6.45, 7) is 1.62. The quantitative estimate of drug-likeness (QED) is 0.739. The molecule has 1 atom stereocenters. The largest absolute Gasteiger partial charge is 0.497 e. The van der Waals surface area contributed by atoms with E-state index < -0.39 is 5.56 Å². The molecular weight excluding hydrogens is 372 g/mol. The van der Waals surface area contributed by atoms with Crippen molar-refractivity contribution < 1.29 is 14.3 Å². The van der Waals surface area contributed by atoms with Gasteiger partial charge >= 0.3 is 0 Å². The SMILES string of the molecule is COc1cccc(CNC(=O)CC[C@H]2CCCN(C(=O)c3cnc[nH]c3=O)C2)c1. The van der Waals surface area contributed by atoms with Crippen LogP contribution < -0.4 is 15.6 Å². The van der Waals surface area contributed by atoms with E-state index in [1.807, 2.05) is 24.3 Å². The fourth-order valence-corrected chi connectivity index (χ4v) is 3.56. The number of aromatic nitrogens is 2. The highest BCUT2D eigenvalue weighted by atomic mass is 16.5. The number of nitrogens with one attached hydrogen (secondary N) is 2. The molecular formula is C21H26N4O4. The number of benzene rings is 1. The van der Waals surface area contributed by atoms with Gasteiger partial charge in [-0.3, -0.25) is 14.4 Å². The Morgan fingerprint density at radius 3 is 3.03 bits per heavy atom. The van der Waals surface area contributed by atoms with Crippen molar-refractivity contribution in [3.8, 4) is 5.75 Å². The highest BCUT2D eigenvalue weighted by Crippen LogP contribution is 2.22. The maximum atomic E-state index is 12.6. The number of hydrogen-bond donors (Lipinski definition) is 2. The normalized spacial score (nSPS) is 16.3. The molecule has 2 heterocycles. The smallest absolute Gasteiger partial charge is 0.263 e. The Morgan fingerprint density at radius 2 is 2.24 bits per heavy atom. The summed E-state index contributed by atoms with van der Waals surface area (Å²) < 4.78 is 5.19. The van der Waals surface area contributed by atoms with E-state index in [2.05, 4.69) is 15.3 Å². The molecule has 2 aromatic rings. The lowest BCUT2D eigenvalue weighted by molar-refractivity contribution is -0.121. The van der Waals surface area contributed by atoms with Crippen LogP contribution >= 0.6 is 0 Å². The number of ether oxygens (including phenoxy) is 1. The number of carbonyl (C=O) groups is 2. The molecule has 1 fully saturated rings.